The first kappa shape index (κ1) is 24.3. The molecular weight excluding hydrogens is 461 g/mol. The van der Waals surface area contributed by atoms with Crippen LogP contribution in [0.1, 0.15) is 51.5 Å². The first-order chi connectivity index (χ1) is 16.4. The number of amides is 1. The van der Waals surface area contributed by atoms with E-state index in [1.807, 2.05) is 18.7 Å². The standard InChI is InChI=1S/C25H33F3N4O3/c1-23(2,32-8-6-31(7-9-32)20-18(25(26,27)28)4-3-5-29-20)21(33)30-19-16-10-15-11-17(19)14-24(12-15,13-16)22(34)35/h3-5,15-17,19H,6-14H2,1-2H3,(H,30,33)(H,34,35). The fraction of sp³-hybridized carbons (Fsp3) is 0.720. The zero-order valence-corrected chi connectivity index (χ0v) is 20.1. The molecule has 5 fully saturated rings. The van der Waals surface area contributed by atoms with E-state index in [1.54, 1.807) is 4.90 Å². The van der Waals surface area contributed by atoms with Gasteiger partial charge in [-0.05, 0) is 75.8 Å². The topological polar surface area (TPSA) is 85.8 Å². The minimum atomic E-state index is -4.47. The van der Waals surface area contributed by atoms with Gasteiger partial charge in [0.15, 0.2) is 0 Å². The van der Waals surface area contributed by atoms with Gasteiger partial charge < -0.3 is 15.3 Å². The third-order valence-electron chi connectivity index (χ3n) is 9.04. The molecule has 0 spiro atoms. The molecule has 1 aliphatic heterocycles. The first-order valence-corrected chi connectivity index (χ1v) is 12.5. The van der Waals surface area contributed by atoms with Crippen LogP contribution in [0.4, 0.5) is 19.0 Å². The first-order valence-electron chi connectivity index (χ1n) is 12.5. The van der Waals surface area contributed by atoms with Crippen LogP contribution in [0.2, 0.25) is 0 Å². The van der Waals surface area contributed by atoms with Crippen LogP contribution >= 0.6 is 0 Å². The van der Waals surface area contributed by atoms with Crippen LogP contribution in [0, 0.1) is 23.2 Å². The number of carbonyl (C=O) groups excluding carboxylic acids is 1. The van der Waals surface area contributed by atoms with Crippen LogP contribution < -0.4 is 10.2 Å². The third kappa shape index (κ3) is 4.17. The predicted octanol–water partition coefficient (Wildman–Crippen LogP) is 3.40. The van der Waals surface area contributed by atoms with Crippen molar-refractivity contribution in [3.8, 4) is 0 Å². The number of alkyl halides is 3. The predicted molar refractivity (Wildman–Crippen MR) is 123 cm³/mol. The maximum atomic E-state index is 13.5. The van der Waals surface area contributed by atoms with E-state index in [1.165, 1.54) is 12.3 Å². The number of hydrogen-bond donors (Lipinski definition) is 2. The molecule has 10 heteroatoms. The smallest absolute Gasteiger partial charge is 0.419 e. The normalized spacial score (nSPS) is 33.1. The van der Waals surface area contributed by atoms with E-state index in [0.29, 0.717) is 44.9 Å². The van der Waals surface area contributed by atoms with Crippen molar-refractivity contribution in [3.05, 3.63) is 23.9 Å². The molecule has 2 unspecified atom stereocenters. The highest BCUT2D eigenvalue weighted by Gasteiger charge is 2.59. The summed E-state index contributed by atoms with van der Waals surface area (Å²) in [6.07, 6.45) is 0.863. The summed E-state index contributed by atoms with van der Waals surface area (Å²) in [7, 11) is 0. The molecule has 2 atom stereocenters. The molecule has 0 radical (unpaired) electrons. The maximum Gasteiger partial charge on any atom is 0.419 e. The summed E-state index contributed by atoms with van der Waals surface area (Å²) in [6.45, 7) is 5.28. The van der Waals surface area contributed by atoms with Crippen LogP contribution in [-0.2, 0) is 15.8 Å². The Balaban J connectivity index is 1.23. The summed E-state index contributed by atoms with van der Waals surface area (Å²) in [4.78, 5) is 33.1. The minimum absolute atomic E-state index is 0.00467. The fourth-order valence-corrected chi connectivity index (χ4v) is 7.34. The molecule has 1 amide bonds. The lowest BCUT2D eigenvalue weighted by atomic mass is 9.48. The Labute approximate surface area is 203 Å². The van der Waals surface area contributed by atoms with Crippen molar-refractivity contribution < 1.29 is 27.9 Å². The summed E-state index contributed by atoms with van der Waals surface area (Å²) < 4.78 is 40.3. The molecule has 2 N–H and O–H groups in total. The quantitative estimate of drug-likeness (QED) is 0.653. The summed E-state index contributed by atoms with van der Waals surface area (Å²) in [6, 6.07) is 2.33. The van der Waals surface area contributed by atoms with Crippen LogP contribution in [0.5, 0.6) is 0 Å². The number of pyridine rings is 1. The lowest BCUT2D eigenvalue weighted by Gasteiger charge is -2.58. The molecule has 6 rings (SSSR count). The summed E-state index contributed by atoms with van der Waals surface area (Å²) in [5.41, 5.74) is -2.20. The number of nitrogens with zero attached hydrogens (tertiary/aromatic N) is 3. The fourth-order valence-electron chi connectivity index (χ4n) is 7.34. The van der Waals surface area contributed by atoms with Crippen LogP contribution in [0.15, 0.2) is 18.3 Å². The number of carboxylic acids is 1. The van der Waals surface area contributed by atoms with Gasteiger partial charge in [0.2, 0.25) is 5.91 Å². The molecule has 1 aromatic rings. The summed E-state index contributed by atoms with van der Waals surface area (Å²) in [5.74, 6) is -0.0326. The molecule has 4 saturated carbocycles. The highest BCUT2D eigenvalue weighted by atomic mass is 19.4. The van der Waals surface area contributed by atoms with Crippen molar-refractivity contribution >= 4 is 17.7 Å². The van der Waals surface area contributed by atoms with Gasteiger partial charge in [-0.15, -0.1) is 0 Å². The second kappa shape index (κ2) is 8.35. The molecule has 35 heavy (non-hydrogen) atoms. The van der Waals surface area contributed by atoms with E-state index in [-0.39, 0.29) is 29.6 Å². The molecule has 7 nitrogen and oxygen atoms in total. The number of aromatic nitrogens is 1. The monoisotopic (exact) mass is 494 g/mol. The number of halogens is 3. The highest BCUT2D eigenvalue weighted by Crippen LogP contribution is 2.60. The Bertz CT molecular complexity index is 990. The number of anilines is 1. The van der Waals surface area contributed by atoms with E-state index >= 15 is 0 Å². The van der Waals surface area contributed by atoms with E-state index in [4.69, 9.17) is 0 Å². The van der Waals surface area contributed by atoms with Gasteiger partial charge in [0.25, 0.3) is 0 Å². The molecule has 0 aromatic carbocycles. The van der Waals surface area contributed by atoms with Gasteiger partial charge in [-0.1, -0.05) is 0 Å². The minimum Gasteiger partial charge on any atom is -0.481 e. The molecule has 4 aliphatic carbocycles. The van der Waals surface area contributed by atoms with E-state index in [0.717, 1.165) is 25.3 Å². The van der Waals surface area contributed by atoms with Gasteiger partial charge in [0.1, 0.15) is 5.82 Å². The van der Waals surface area contributed by atoms with Crippen LogP contribution in [0.3, 0.4) is 0 Å². The Kier molecular flexibility index (Phi) is 5.81. The van der Waals surface area contributed by atoms with Gasteiger partial charge >= 0.3 is 12.1 Å². The van der Waals surface area contributed by atoms with E-state index in [2.05, 4.69) is 10.3 Å². The lowest BCUT2D eigenvalue weighted by Crippen LogP contribution is -2.66. The second-order valence-corrected chi connectivity index (χ2v) is 11.5. The Morgan fingerprint density at radius 2 is 1.71 bits per heavy atom. The number of piperazine rings is 1. The number of rotatable bonds is 5. The SMILES string of the molecule is CC(C)(C(=O)NC1C2CC3CC1CC(C(=O)O)(C3)C2)N1CCN(c2ncccc2C(F)(F)F)CC1. The van der Waals surface area contributed by atoms with Crippen molar-refractivity contribution in [1.82, 2.24) is 15.2 Å². The Hall–Kier alpha value is -2.36. The number of nitrogens with one attached hydrogen (secondary N) is 1. The van der Waals surface area contributed by atoms with Crippen molar-refractivity contribution in [3.63, 3.8) is 0 Å². The largest absolute Gasteiger partial charge is 0.481 e. The van der Waals surface area contributed by atoms with E-state index in [9.17, 15) is 27.9 Å². The average Bonchev–Trinajstić information content (AvgIpc) is 2.80. The zero-order valence-electron chi connectivity index (χ0n) is 20.1. The summed E-state index contributed by atoms with van der Waals surface area (Å²) >= 11 is 0. The van der Waals surface area contributed by atoms with Gasteiger partial charge in [0.05, 0.1) is 16.5 Å². The second-order valence-electron chi connectivity index (χ2n) is 11.5. The highest BCUT2D eigenvalue weighted by molar-refractivity contribution is 5.86. The number of aliphatic carboxylic acids is 1. The number of hydrogen-bond acceptors (Lipinski definition) is 5. The van der Waals surface area contributed by atoms with Gasteiger partial charge in [-0.2, -0.15) is 13.2 Å². The Morgan fingerprint density at radius 1 is 1.09 bits per heavy atom. The molecule has 1 aromatic heterocycles. The molecule has 192 valence electrons. The maximum absolute atomic E-state index is 13.5. The number of carbonyl (C=O) groups is 2. The van der Waals surface area contributed by atoms with Crippen molar-refractivity contribution in [2.24, 2.45) is 23.2 Å². The zero-order chi connectivity index (χ0) is 25.2. The average molecular weight is 495 g/mol. The van der Waals surface area contributed by atoms with Crippen molar-refractivity contribution in [1.29, 1.82) is 0 Å². The Morgan fingerprint density at radius 3 is 2.29 bits per heavy atom. The van der Waals surface area contributed by atoms with Crippen LogP contribution in [-0.4, -0.2) is 64.6 Å². The molecule has 4 bridgehead atoms. The van der Waals surface area contributed by atoms with Gasteiger partial charge in [-0.25, -0.2) is 4.98 Å². The molecule has 1 saturated heterocycles. The van der Waals surface area contributed by atoms with Gasteiger partial charge in [-0.3, -0.25) is 14.5 Å². The van der Waals surface area contributed by atoms with Gasteiger partial charge in [0, 0.05) is 38.4 Å². The van der Waals surface area contributed by atoms with Crippen molar-refractivity contribution in [2.45, 2.75) is 63.7 Å². The lowest BCUT2D eigenvalue weighted by molar-refractivity contribution is -0.168. The third-order valence-corrected chi connectivity index (χ3v) is 9.04. The molecule has 5 aliphatic rings. The number of carboxylic acid groups (broad SMARTS) is 1. The molecular formula is C25H33F3N4O3. The van der Waals surface area contributed by atoms with Crippen molar-refractivity contribution in [2.75, 3.05) is 31.1 Å². The summed E-state index contributed by atoms with van der Waals surface area (Å²) in [5, 5.41) is 13.1. The van der Waals surface area contributed by atoms with Crippen LogP contribution in [0.25, 0.3) is 0 Å². The van der Waals surface area contributed by atoms with E-state index < -0.39 is 28.7 Å². The molecule has 2 heterocycles.